The van der Waals surface area contributed by atoms with E-state index in [2.05, 4.69) is 39.4 Å². The van der Waals surface area contributed by atoms with Gasteiger partial charge in [0.15, 0.2) is 0 Å². The number of carbonyl (C=O) groups excluding carboxylic acids is 1. The molecule has 2 aromatic carbocycles. The van der Waals surface area contributed by atoms with E-state index in [-0.39, 0.29) is 11.9 Å². The number of likely N-dealkylation sites (tertiary alicyclic amines) is 1. The Morgan fingerprint density at radius 1 is 1.15 bits per heavy atom. The lowest BCUT2D eigenvalue weighted by molar-refractivity contribution is 0.0937. The monoisotopic (exact) mass is 355 g/mol. The van der Waals surface area contributed by atoms with E-state index >= 15 is 0 Å². The number of carbonyl (C=O) groups is 1. The second kappa shape index (κ2) is 8.32. The number of hydrogen-bond donors (Lipinski definition) is 1. The molecule has 1 aliphatic heterocycles. The molecule has 138 valence electrons. The fourth-order valence-electron chi connectivity index (χ4n) is 3.43. The number of hydrogen-bond acceptors (Lipinski definition) is 3. The Kier molecular flexibility index (Phi) is 5.89. The van der Waals surface area contributed by atoms with Gasteiger partial charge in [0.2, 0.25) is 0 Å². The maximum absolute atomic E-state index is 13.3. The molecule has 3 rings (SSSR count). The first kappa shape index (κ1) is 18.4. The molecule has 2 aromatic rings. The zero-order valence-electron chi connectivity index (χ0n) is 15.4. The van der Waals surface area contributed by atoms with Crippen molar-refractivity contribution in [3.63, 3.8) is 0 Å². The molecule has 1 amide bonds. The van der Waals surface area contributed by atoms with Gasteiger partial charge >= 0.3 is 0 Å². The Hall–Kier alpha value is -2.40. The van der Waals surface area contributed by atoms with Gasteiger partial charge in [-0.1, -0.05) is 18.2 Å². The Bertz CT molecular complexity index is 739. The van der Waals surface area contributed by atoms with Crippen LogP contribution in [0.25, 0.3) is 0 Å². The van der Waals surface area contributed by atoms with Gasteiger partial charge in [-0.3, -0.25) is 9.69 Å². The smallest absolute Gasteiger partial charge is 0.251 e. The van der Waals surface area contributed by atoms with Crippen LogP contribution in [0.1, 0.15) is 34.8 Å². The molecule has 0 unspecified atom stereocenters. The first-order chi connectivity index (χ1) is 12.5. The molecule has 1 atom stereocenters. The number of benzene rings is 2. The second-order valence-corrected chi connectivity index (χ2v) is 6.97. The van der Waals surface area contributed by atoms with Gasteiger partial charge in [-0.2, -0.15) is 0 Å². The molecule has 1 saturated heterocycles. The Morgan fingerprint density at radius 3 is 2.46 bits per heavy atom. The van der Waals surface area contributed by atoms with Crippen LogP contribution in [-0.4, -0.2) is 44.5 Å². The number of amides is 1. The Morgan fingerprint density at radius 2 is 1.85 bits per heavy atom. The second-order valence-electron chi connectivity index (χ2n) is 6.97. The Balaban J connectivity index is 1.73. The van der Waals surface area contributed by atoms with Gasteiger partial charge in [-0.25, -0.2) is 4.39 Å². The predicted octanol–water partition coefficient (Wildman–Crippen LogP) is 3.46. The lowest BCUT2D eigenvalue weighted by atomic mass is 10.0. The van der Waals surface area contributed by atoms with Crippen LogP contribution in [0.4, 0.5) is 10.1 Å². The molecule has 1 aliphatic rings. The molecular formula is C21H26FN3O. The van der Waals surface area contributed by atoms with Gasteiger partial charge in [-0.15, -0.1) is 0 Å². The van der Waals surface area contributed by atoms with Crippen LogP contribution in [0.3, 0.4) is 0 Å². The topological polar surface area (TPSA) is 35.6 Å². The molecular weight excluding hydrogens is 329 g/mol. The van der Waals surface area contributed by atoms with Crippen LogP contribution >= 0.6 is 0 Å². The fourth-order valence-corrected chi connectivity index (χ4v) is 3.43. The van der Waals surface area contributed by atoms with E-state index in [1.54, 1.807) is 12.1 Å². The quantitative estimate of drug-likeness (QED) is 0.862. The molecule has 0 aromatic heterocycles. The summed E-state index contributed by atoms with van der Waals surface area (Å²) in [7, 11) is 4.04. The minimum atomic E-state index is -0.395. The molecule has 0 bridgehead atoms. The molecule has 0 radical (unpaired) electrons. The van der Waals surface area contributed by atoms with Gasteiger partial charge in [0.05, 0.1) is 6.04 Å². The van der Waals surface area contributed by atoms with Crippen molar-refractivity contribution < 1.29 is 9.18 Å². The van der Waals surface area contributed by atoms with E-state index in [4.69, 9.17) is 0 Å². The number of rotatable bonds is 6. The molecule has 0 aliphatic carbocycles. The molecule has 0 spiro atoms. The van der Waals surface area contributed by atoms with E-state index in [0.717, 1.165) is 18.8 Å². The summed E-state index contributed by atoms with van der Waals surface area (Å²) in [5.74, 6) is -0.633. The Labute approximate surface area is 154 Å². The van der Waals surface area contributed by atoms with Crippen molar-refractivity contribution >= 4 is 11.6 Å². The fraction of sp³-hybridized carbons (Fsp3) is 0.381. The van der Waals surface area contributed by atoms with E-state index in [1.165, 1.54) is 30.5 Å². The molecule has 1 fully saturated rings. The third kappa shape index (κ3) is 4.41. The molecule has 0 saturated carbocycles. The summed E-state index contributed by atoms with van der Waals surface area (Å²) in [6, 6.07) is 14.4. The number of anilines is 1. The van der Waals surface area contributed by atoms with Crippen molar-refractivity contribution in [2.45, 2.75) is 18.9 Å². The van der Waals surface area contributed by atoms with Gasteiger partial charge < -0.3 is 10.2 Å². The molecule has 1 N–H and O–H groups in total. The maximum Gasteiger partial charge on any atom is 0.251 e. The average molecular weight is 355 g/mol. The van der Waals surface area contributed by atoms with Crippen LogP contribution in [0, 0.1) is 5.82 Å². The van der Waals surface area contributed by atoms with Crippen LogP contribution < -0.4 is 10.2 Å². The van der Waals surface area contributed by atoms with Crippen molar-refractivity contribution in [1.29, 1.82) is 0 Å². The highest BCUT2D eigenvalue weighted by atomic mass is 19.1. The first-order valence-electron chi connectivity index (χ1n) is 9.10. The SMILES string of the molecule is CN(C)c1ccc([C@@H](CNC(=O)c2cccc(F)c2)N2CCCC2)cc1. The standard InChI is InChI=1S/C21H26FN3O/c1-24(2)19-10-8-16(9-11-19)20(25-12-3-4-13-25)15-23-21(26)17-6-5-7-18(22)14-17/h5-11,14,20H,3-4,12-13,15H2,1-2H3,(H,23,26)/t20-/m1/s1. The van der Waals surface area contributed by atoms with E-state index < -0.39 is 5.82 Å². The number of nitrogens with zero attached hydrogens (tertiary/aromatic N) is 2. The average Bonchev–Trinajstić information content (AvgIpc) is 3.16. The molecule has 5 heteroatoms. The lowest BCUT2D eigenvalue weighted by Crippen LogP contribution is -2.36. The normalized spacial score (nSPS) is 15.7. The van der Waals surface area contributed by atoms with Gasteiger partial charge in [0, 0.05) is 31.9 Å². The zero-order valence-corrected chi connectivity index (χ0v) is 15.4. The van der Waals surface area contributed by atoms with Crippen molar-refractivity contribution in [3.8, 4) is 0 Å². The zero-order chi connectivity index (χ0) is 18.5. The summed E-state index contributed by atoms with van der Waals surface area (Å²) < 4.78 is 13.3. The highest BCUT2D eigenvalue weighted by molar-refractivity contribution is 5.94. The van der Waals surface area contributed by atoms with E-state index in [0.29, 0.717) is 12.1 Å². The maximum atomic E-state index is 13.3. The molecule has 1 heterocycles. The summed E-state index contributed by atoms with van der Waals surface area (Å²) >= 11 is 0. The summed E-state index contributed by atoms with van der Waals surface area (Å²) in [6.45, 7) is 2.59. The van der Waals surface area contributed by atoms with Gasteiger partial charge in [-0.05, 0) is 61.8 Å². The lowest BCUT2D eigenvalue weighted by Gasteiger charge is -2.28. The molecule has 4 nitrogen and oxygen atoms in total. The van der Waals surface area contributed by atoms with E-state index in [9.17, 15) is 9.18 Å². The van der Waals surface area contributed by atoms with Crippen LogP contribution in [0.5, 0.6) is 0 Å². The highest BCUT2D eigenvalue weighted by Crippen LogP contribution is 2.26. The summed E-state index contributed by atoms with van der Waals surface area (Å²) in [5.41, 5.74) is 2.70. The third-order valence-corrected chi connectivity index (χ3v) is 4.92. The van der Waals surface area contributed by atoms with Crippen molar-refractivity contribution in [2.75, 3.05) is 38.6 Å². The summed E-state index contributed by atoms with van der Waals surface area (Å²) in [6.07, 6.45) is 2.37. The van der Waals surface area contributed by atoms with Crippen molar-refractivity contribution in [1.82, 2.24) is 10.2 Å². The number of nitrogens with one attached hydrogen (secondary N) is 1. The largest absolute Gasteiger partial charge is 0.378 e. The minimum absolute atomic E-state index is 0.131. The van der Waals surface area contributed by atoms with Crippen molar-refractivity contribution in [2.24, 2.45) is 0 Å². The third-order valence-electron chi connectivity index (χ3n) is 4.92. The summed E-state index contributed by atoms with van der Waals surface area (Å²) in [5, 5.41) is 2.98. The van der Waals surface area contributed by atoms with Crippen LogP contribution in [0.15, 0.2) is 48.5 Å². The predicted molar refractivity (Wildman–Crippen MR) is 103 cm³/mol. The van der Waals surface area contributed by atoms with Crippen LogP contribution in [0.2, 0.25) is 0 Å². The highest BCUT2D eigenvalue weighted by Gasteiger charge is 2.24. The number of halogens is 1. The van der Waals surface area contributed by atoms with Gasteiger partial charge in [0.25, 0.3) is 5.91 Å². The van der Waals surface area contributed by atoms with Crippen LogP contribution in [-0.2, 0) is 0 Å². The van der Waals surface area contributed by atoms with Crippen molar-refractivity contribution in [3.05, 3.63) is 65.5 Å². The van der Waals surface area contributed by atoms with Gasteiger partial charge in [0.1, 0.15) is 5.82 Å². The first-order valence-corrected chi connectivity index (χ1v) is 9.10. The molecule has 26 heavy (non-hydrogen) atoms. The minimum Gasteiger partial charge on any atom is -0.378 e. The van der Waals surface area contributed by atoms with E-state index in [1.807, 2.05) is 14.1 Å². The summed E-state index contributed by atoms with van der Waals surface area (Å²) in [4.78, 5) is 16.9.